The van der Waals surface area contributed by atoms with E-state index in [1.807, 2.05) is 6.07 Å². The van der Waals surface area contributed by atoms with Crippen LogP contribution in [0.5, 0.6) is 0 Å². The first-order valence-electron chi connectivity index (χ1n) is 9.64. The highest BCUT2D eigenvalue weighted by Crippen LogP contribution is 2.37. The number of hydrogen-bond donors (Lipinski definition) is 1. The highest BCUT2D eigenvalue weighted by molar-refractivity contribution is 6.33. The third-order valence-corrected chi connectivity index (χ3v) is 5.39. The van der Waals surface area contributed by atoms with Crippen LogP contribution in [0.2, 0.25) is 5.02 Å². The van der Waals surface area contributed by atoms with Crippen molar-refractivity contribution in [2.24, 2.45) is 0 Å². The summed E-state index contributed by atoms with van der Waals surface area (Å²) in [5, 5.41) is 19.7. The first-order chi connectivity index (χ1) is 15.4. The van der Waals surface area contributed by atoms with Crippen LogP contribution >= 0.6 is 11.6 Å². The molecular weight excluding hydrogens is 453 g/mol. The molecule has 1 N–H and O–H groups in total. The quantitative estimate of drug-likeness (QED) is 0.388. The summed E-state index contributed by atoms with van der Waals surface area (Å²) in [6.45, 7) is 7.00. The number of hydrogen-bond acceptors (Lipinski definition) is 3. The lowest BCUT2D eigenvalue weighted by Crippen LogP contribution is -2.28. The van der Waals surface area contributed by atoms with E-state index in [-0.39, 0.29) is 33.0 Å². The molecule has 0 unspecified atom stereocenters. The van der Waals surface area contributed by atoms with Crippen molar-refractivity contribution in [1.82, 2.24) is 4.90 Å². The van der Waals surface area contributed by atoms with E-state index < -0.39 is 17.6 Å². The number of benzene rings is 2. The maximum absolute atomic E-state index is 13.3. The number of aliphatic hydroxyl groups excluding tert-OH is 1. The lowest BCUT2D eigenvalue weighted by atomic mass is 9.94. The van der Waals surface area contributed by atoms with Crippen molar-refractivity contribution in [3.8, 4) is 17.2 Å². The molecule has 1 heterocycles. The van der Waals surface area contributed by atoms with Gasteiger partial charge in [-0.3, -0.25) is 9.69 Å². The second-order valence-electron chi connectivity index (χ2n) is 7.38. The molecule has 0 atom stereocenters. The summed E-state index contributed by atoms with van der Waals surface area (Å²) in [6, 6.07) is 9.19. The SMILES string of the molecule is C=C1C(C)=CC=CN1C(=O)/C(=C(\C)O)c1cc(C#N)cc(-c2ccc(C(F)(F)F)cc2Cl)c1. The lowest BCUT2D eigenvalue weighted by molar-refractivity contribution is -0.137. The van der Waals surface area contributed by atoms with Crippen LogP contribution in [0.3, 0.4) is 0 Å². The molecular formula is C25H18ClF3N2O2. The van der Waals surface area contributed by atoms with Gasteiger partial charge in [0, 0.05) is 22.5 Å². The van der Waals surface area contributed by atoms with Crippen LogP contribution in [0.15, 0.2) is 78.4 Å². The Kier molecular flexibility index (Phi) is 6.52. The number of nitrogens with zero attached hydrogens (tertiary/aromatic N) is 2. The van der Waals surface area contributed by atoms with Crippen molar-refractivity contribution in [3.63, 3.8) is 0 Å². The number of allylic oxidation sites excluding steroid dienone is 4. The Morgan fingerprint density at radius 1 is 1.21 bits per heavy atom. The Morgan fingerprint density at radius 3 is 2.48 bits per heavy atom. The van der Waals surface area contributed by atoms with Gasteiger partial charge in [-0.1, -0.05) is 30.3 Å². The van der Waals surface area contributed by atoms with E-state index in [9.17, 15) is 28.3 Å². The van der Waals surface area contributed by atoms with Crippen molar-refractivity contribution in [2.75, 3.05) is 0 Å². The molecule has 2 aromatic carbocycles. The summed E-state index contributed by atoms with van der Waals surface area (Å²) in [5.74, 6) is -0.879. The zero-order valence-corrected chi connectivity index (χ0v) is 18.4. The second kappa shape index (κ2) is 9.00. The number of aliphatic hydroxyl groups is 1. The van der Waals surface area contributed by atoms with E-state index in [1.165, 1.54) is 42.3 Å². The summed E-state index contributed by atoms with van der Waals surface area (Å²) < 4.78 is 39.0. The minimum absolute atomic E-state index is 0.0862. The van der Waals surface area contributed by atoms with Crippen LogP contribution in [0.25, 0.3) is 16.7 Å². The molecule has 0 saturated heterocycles. The Labute approximate surface area is 193 Å². The lowest BCUT2D eigenvalue weighted by Gasteiger charge is -2.25. The van der Waals surface area contributed by atoms with Gasteiger partial charge >= 0.3 is 6.18 Å². The van der Waals surface area contributed by atoms with Crippen LogP contribution in [0.4, 0.5) is 13.2 Å². The molecule has 0 bridgehead atoms. The van der Waals surface area contributed by atoms with Gasteiger partial charge in [0.25, 0.3) is 5.91 Å². The number of carbonyl (C=O) groups excluding carboxylic acids is 1. The maximum atomic E-state index is 13.3. The molecule has 1 aliphatic rings. The molecule has 3 rings (SSSR count). The van der Waals surface area contributed by atoms with E-state index in [0.29, 0.717) is 11.3 Å². The van der Waals surface area contributed by atoms with E-state index in [4.69, 9.17) is 11.6 Å². The van der Waals surface area contributed by atoms with Gasteiger partial charge in [0.2, 0.25) is 0 Å². The van der Waals surface area contributed by atoms with Crippen molar-refractivity contribution in [3.05, 3.63) is 100 Å². The Bertz CT molecular complexity index is 1290. The molecule has 0 spiro atoms. The smallest absolute Gasteiger partial charge is 0.416 e. The fourth-order valence-corrected chi connectivity index (χ4v) is 3.65. The van der Waals surface area contributed by atoms with Gasteiger partial charge in [0.1, 0.15) is 5.76 Å². The molecule has 1 amide bonds. The summed E-state index contributed by atoms with van der Waals surface area (Å²) in [4.78, 5) is 14.6. The third kappa shape index (κ3) is 4.86. The molecule has 0 aromatic heterocycles. The molecule has 0 saturated carbocycles. The number of halogens is 4. The van der Waals surface area contributed by atoms with Gasteiger partial charge in [0.15, 0.2) is 0 Å². The molecule has 4 nitrogen and oxygen atoms in total. The minimum atomic E-state index is -4.56. The molecule has 33 heavy (non-hydrogen) atoms. The molecule has 8 heteroatoms. The Balaban J connectivity index is 2.14. The molecule has 1 aliphatic heterocycles. The minimum Gasteiger partial charge on any atom is -0.512 e. The van der Waals surface area contributed by atoms with Gasteiger partial charge in [-0.25, -0.2) is 0 Å². The first kappa shape index (κ1) is 23.9. The largest absolute Gasteiger partial charge is 0.512 e. The monoisotopic (exact) mass is 470 g/mol. The molecule has 2 aromatic rings. The zero-order chi connectivity index (χ0) is 24.5. The van der Waals surface area contributed by atoms with Gasteiger partial charge in [-0.15, -0.1) is 0 Å². The summed E-state index contributed by atoms with van der Waals surface area (Å²) in [7, 11) is 0. The average molecular weight is 471 g/mol. The Morgan fingerprint density at radius 2 is 1.91 bits per heavy atom. The van der Waals surface area contributed by atoms with E-state index in [0.717, 1.165) is 17.7 Å². The highest BCUT2D eigenvalue weighted by Gasteiger charge is 2.31. The summed E-state index contributed by atoms with van der Waals surface area (Å²) >= 11 is 6.13. The van der Waals surface area contributed by atoms with Gasteiger partial charge in [-0.2, -0.15) is 18.4 Å². The number of carbonyl (C=O) groups is 1. The topological polar surface area (TPSA) is 64.3 Å². The Hall–Kier alpha value is -3.76. The fraction of sp³-hybridized carbons (Fsp3) is 0.120. The van der Waals surface area contributed by atoms with Gasteiger partial charge < -0.3 is 5.11 Å². The predicted molar refractivity (Wildman–Crippen MR) is 121 cm³/mol. The third-order valence-electron chi connectivity index (χ3n) is 5.08. The van der Waals surface area contributed by atoms with Gasteiger partial charge in [-0.05, 0) is 67.0 Å². The van der Waals surface area contributed by atoms with Crippen LogP contribution in [0.1, 0.15) is 30.5 Å². The molecule has 0 aliphatic carbocycles. The summed E-state index contributed by atoms with van der Waals surface area (Å²) in [6.07, 6.45) is 0.380. The molecule has 0 fully saturated rings. The average Bonchev–Trinajstić information content (AvgIpc) is 2.74. The van der Waals surface area contributed by atoms with Crippen LogP contribution in [0, 0.1) is 11.3 Å². The number of nitriles is 1. The second-order valence-corrected chi connectivity index (χ2v) is 7.78. The first-order valence-corrected chi connectivity index (χ1v) is 10.0. The molecule has 168 valence electrons. The fourth-order valence-electron chi connectivity index (χ4n) is 3.36. The van der Waals surface area contributed by atoms with Crippen LogP contribution in [-0.2, 0) is 11.0 Å². The number of amides is 1. The maximum Gasteiger partial charge on any atom is 0.416 e. The zero-order valence-electron chi connectivity index (χ0n) is 17.7. The van der Waals surface area contributed by atoms with E-state index in [2.05, 4.69) is 6.58 Å². The molecule has 0 radical (unpaired) electrons. The van der Waals surface area contributed by atoms with E-state index >= 15 is 0 Å². The van der Waals surface area contributed by atoms with Gasteiger partial charge in [0.05, 0.1) is 22.8 Å². The van der Waals surface area contributed by atoms with Crippen molar-refractivity contribution < 1.29 is 23.1 Å². The van der Waals surface area contributed by atoms with Crippen LogP contribution < -0.4 is 0 Å². The summed E-state index contributed by atoms with van der Waals surface area (Å²) in [5.41, 5.74) is 1.08. The van der Waals surface area contributed by atoms with E-state index in [1.54, 1.807) is 19.1 Å². The number of alkyl halides is 3. The van der Waals surface area contributed by atoms with Crippen molar-refractivity contribution >= 4 is 23.1 Å². The highest BCUT2D eigenvalue weighted by atomic mass is 35.5. The standard InChI is InChI=1S/C25H18ClF3N2O2/c1-14-5-4-8-31(15(14)2)24(33)23(16(3)32)19-10-17(13-30)9-18(11-19)21-7-6-20(12-22(21)26)25(27,28)29/h4-12,32H,2H2,1,3H3/b23-16+. The van der Waals surface area contributed by atoms with Crippen molar-refractivity contribution in [1.29, 1.82) is 5.26 Å². The van der Waals surface area contributed by atoms with Crippen LogP contribution in [-0.4, -0.2) is 15.9 Å². The number of rotatable bonds is 3. The van der Waals surface area contributed by atoms with Crippen molar-refractivity contribution in [2.45, 2.75) is 20.0 Å². The normalized spacial score (nSPS) is 14.5. The predicted octanol–water partition coefficient (Wildman–Crippen LogP) is 7.00.